The zero-order valence-corrected chi connectivity index (χ0v) is 22.7. The molecule has 0 amide bonds. The summed E-state index contributed by atoms with van der Waals surface area (Å²) in [5.41, 5.74) is 8.96. The quantitative estimate of drug-likeness (QED) is 0.220. The second-order valence-electron chi connectivity index (χ2n) is 10.4. The summed E-state index contributed by atoms with van der Waals surface area (Å²) in [7, 11) is 0. The van der Waals surface area contributed by atoms with Crippen LogP contribution in [0.3, 0.4) is 0 Å². The van der Waals surface area contributed by atoms with Crippen molar-refractivity contribution in [3.63, 3.8) is 0 Å². The minimum Gasteiger partial charge on any atom is -0.301 e. The average molecular weight is 543 g/mol. The highest BCUT2D eigenvalue weighted by molar-refractivity contribution is 5.81. The van der Waals surface area contributed by atoms with E-state index in [9.17, 15) is 0 Å². The lowest BCUT2D eigenvalue weighted by atomic mass is 10.0. The molecule has 7 aromatic rings. The van der Waals surface area contributed by atoms with Gasteiger partial charge in [-0.2, -0.15) is 0 Å². The number of pyridine rings is 2. The van der Waals surface area contributed by atoms with Gasteiger partial charge in [-0.05, 0) is 53.9 Å². The van der Waals surface area contributed by atoms with Gasteiger partial charge >= 0.3 is 0 Å². The monoisotopic (exact) mass is 542 g/mol. The first-order valence-corrected chi connectivity index (χ1v) is 14.1. The zero-order chi connectivity index (χ0) is 27.9. The van der Waals surface area contributed by atoms with E-state index in [1.807, 2.05) is 54.9 Å². The Kier molecular flexibility index (Phi) is 5.81. The van der Waals surface area contributed by atoms with Crippen LogP contribution in [0.15, 0.2) is 140 Å². The third-order valence-electron chi connectivity index (χ3n) is 7.79. The number of para-hydroxylation sites is 1. The molecule has 6 nitrogen and oxygen atoms in total. The van der Waals surface area contributed by atoms with Crippen molar-refractivity contribution in [1.82, 2.24) is 29.1 Å². The van der Waals surface area contributed by atoms with Gasteiger partial charge < -0.3 is 4.57 Å². The van der Waals surface area contributed by atoms with Gasteiger partial charge in [0, 0.05) is 29.2 Å². The number of fused-ring (bicyclic) bond motifs is 2. The Bertz CT molecular complexity index is 2100. The Morgan fingerprint density at radius 2 is 1.14 bits per heavy atom. The number of hydrogen-bond acceptors (Lipinski definition) is 4. The summed E-state index contributed by atoms with van der Waals surface area (Å²) in [4.78, 5) is 19.2. The second kappa shape index (κ2) is 10.1. The maximum Gasteiger partial charge on any atom is 0.164 e. The maximum atomic E-state index is 4.98. The van der Waals surface area contributed by atoms with Crippen molar-refractivity contribution in [2.45, 2.75) is 12.5 Å². The molecule has 6 heteroatoms. The van der Waals surface area contributed by atoms with E-state index in [0.29, 0.717) is 0 Å². The number of imidazole rings is 2. The third-order valence-corrected chi connectivity index (χ3v) is 7.79. The molecule has 3 aromatic carbocycles. The molecule has 0 spiro atoms. The molecule has 0 saturated carbocycles. The van der Waals surface area contributed by atoms with Crippen LogP contribution >= 0.6 is 0 Å². The van der Waals surface area contributed by atoms with E-state index in [1.165, 1.54) is 0 Å². The molecular weight excluding hydrogens is 516 g/mol. The number of benzene rings is 3. The maximum absolute atomic E-state index is 4.98. The topological polar surface area (TPSA) is 61.4 Å². The molecule has 0 radical (unpaired) electrons. The Morgan fingerprint density at radius 3 is 1.81 bits per heavy atom. The van der Waals surface area contributed by atoms with Gasteiger partial charge in [0.2, 0.25) is 0 Å². The highest BCUT2D eigenvalue weighted by Crippen LogP contribution is 2.33. The lowest BCUT2D eigenvalue weighted by Gasteiger charge is -2.18. The van der Waals surface area contributed by atoms with Crippen molar-refractivity contribution < 1.29 is 0 Å². The predicted octanol–water partition coefficient (Wildman–Crippen LogP) is 8.22. The van der Waals surface area contributed by atoms with Crippen LogP contribution < -0.4 is 0 Å². The summed E-state index contributed by atoms with van der Waals surface area (Å²) in [5, 5.41) is 0. The highest BCUT2D eigenvalue weighted by Gasteiger charge is 2.20. The number of rotatable bonds is 5. The molecule has 0 aliphatic heterocycles. The summed E-state index contributed by atoms with van der Waals surface area (Å²) >= 11 is 0. The summed E-state index contributed by atoms with van der Waals surface area (Å²) in [5.74, 6) is 1.81. The summed E-state index contributed by atoms with van der Waals surface area (Å²) in [6.07, 6.45) is 13.2. The summed E-state index contributed by atoms with van der Waals surface area (Å²) in [6, 6.07) is 35.6. The normalized spacial score (nSPS) is 14.6. The molecule has 1 aliphatic rings. The zero-order valence-electron chi connectivity index (χ0n) is 22.7. The minimum absolute atomic E-state index is 0.187. The van der Waals surface area contributed by atoms with Gasteiger partial charge in [-0.15, -0.1) is 0 Å². The fourth-order valence-corrected chi connectivity index (χ4v) is 5.76. The van der Waals surface area contributed by atoms with Gasteiger partial charge in [0.25, 0.3) is 0 Å². The molecule has 1 atom stereocenters. The van der Waals surface area contributed by atoms with Crippen molar-refractivity contribution in [3.05, 3.63) is 140 Å². The lowest BCUT2D eigenvalue weighted by Crippen LogP contribution is -2.09. The number of aromatic nitrogens is 6. The van der Waals surface area contributed by atoms with E-state index in [0.717, 1.165) is 68.3 Å². The van der Waals surface area contributed by atoms with E-state index in [2.05, 4.69) is 104 Å². The van der Waals surface area contributed by atoms with E-state index in [4.69, 9.17) is 9.97 Å². The van der Waals surface area contributed by atoms with Crippen molar-refractivity contribution >= 4 is 22.3 Å². The van der Waals surface area contributed by atoms with Gasteiger partial charge in [0.05, 0.1) is 6.04 Å². The van der Waals surface area contributed by atoms with Crippen LogP contribution in [0.2, 0.25) is 0 Å². The number of nitrogens with zero attached hydrogens (tertiary/aromatic N) is 6. The average Bonchev–Trinajstić information content (AvgIpc) is 3.65. The third kappa shape index (κ3) is 4.12. The molecule has 1 aliphatic carbocycles. The molecule has 4 heterocycles. The van der Waals surface area contributed by atoms with Crippen LogP contribution in [-0.4, -0.2) is 29.1 Å². The number of hydrogen-bond donors (Lipinski definition) is 0. The smallest absolute Gasteiger partial charge is 0.164 e. The Balaban J connectivity index is 1.14. The molecule has 0 saturated heterocycles. The number of allylic oxidation sites excluding steroid dienone is 4. The first kappa shape index (κ1) is 24.2. The molecule has 0 bridgehead atoms. The second-order valence-corrected chi connectivity index (χ2v) is 10.4. The van der Waals surface area contributed by atoms with Crippen LogP contribution in [0, 0.1) is 0 Å². The lowest BCUT2D eigenvalue weighted by molar-refractivity contribution is 0.626. The molecule has 8 rings (SSSR count). The molecule has 42 heavy (non-hydrogen) atoms. The Morgan fingerprint density at radius 1 is 0.548 bits per heavy atom. The molecule has 0 N–H and O–H groups in total. The molecule has 200 valence electrons. The van der Waals surface area contributed by atoms with Gasteiger partial charge in [-0.3, -0.25) is 4.57 Å². The van der Waals surface area contributed by atoms with Gasteiger partial charge in [0.1, 0.15) is 22.7 Å². The van der Waals surface area contributed by atoms with Crippen LogP contribution in [0.5, 0.6) is 0 Å². The fourth-order valence-electron chi connectivity index (χ4n) is 5.76. The fraction of sp³-hybridized carbons (Fsp3) is 0.0556. The Hall–Kier alpha value is -5.62. The SMILES string of the molecule is C1=CCC(n2c(-c3ccc(-c4ccc(-c5nc6cccnc6n5-c5ccccc5)cc4)cc3)nc3cccnc32)C=C1. The molecule has 1 unspecified atom stereocenters. The van der Waals surface area contributed by atoms with E-state index >= 15 is 0 Å². The predicted molar refractivity (Wildman–Crippen MR) is 168 cm³/mol. The van der Waals surface area contributed by atoms with Crippen molar-refractivity contribution in [3.8, 4) is 39.6 Å². The molecule has 4 aromatic heterocycles. The summed E-state index contributed by atoms with van der Waals surface area (Å²) < 4.78 is 4.38. The molecule has 0 fully saturated rings. The van der Waals surface area contributed by atoms with Crippen LogP contribution in [0.4, 0.5) is 0 Å². The van der Waals surface area contributed by atoms with Crippen molar-refractivity contribution in [2.24, 2.45) is 0 Å². The van der Waals surface area contributed by atoms with Crippen LogP contribution in [0.25, 0.3) is 61.9 Å². The van der Waals surface area contributed by atoms with E-state index in [-0.39, 0.29) is 6.04 Å². The van der Waals surface area contributed by atoms with E-state index in [1.54, 1.807) is 0 Å². The van der Waals surface area contributed by atoms with Gasteiger partial charge in [-0.1, -0.05) is 91.0 Å². The van der Waals surface area contributed by atoms with Crippen molar-refractivity contribution in [1.29, 1.82) is 0 Å². The Labute approximate surface area is 243 Å². The van der Waals surface area contributed by atoms with Gasteiger partial charge in [-0.25, -0.2) is 19.9 Å². The highest BCUT2D eigenvalue weighted by atomic mass is 15.2. The minimum atomic E-state index is 0.187. The van der Waals surface area contributed by atoms with Crippen LogP contribution in [0.1, 0.15) is 12.5 Å². The van der Waals surface area contributed by atoms with Crippen molar-refractivity contribution in [2.75, 3.05) is 0 Å². The first-order valence-electron chi connectivity index (χ1n) is 14.1. The largest absolute Gasteiger partial charge is 0.301 e. The van der Waals surface area contributed by atoms with E-state index < -0.39 is 0 Å². The summed E-state index contributed by atoms with van der Waals surface area (Å²) in [6.45, 7) is 0. The van der Waals surface area contributed by atoms with Gasteiger partial charge in [0.15, 0.2) is 11.3 Å². The first-order chi connectivity index (χ1) is 20.8. The van der Waals surface area contributed by atoms with Crippen LogP contribution in [-0.2, 0) is 0 Å². The standard InChI is InChI=1S/C36H26N6/c1-3-9-29(10-4-1)41-33(39-31-13-7-23-37-35(31)41)27-19-15-25(16-20-27)26-17-21-28(22-18-26)34-40-32-14-8-24-38-36(32)42(34)30-11-5-2-6-12-30/h1-11,13-24,30H,12H2. The molecular formula is C36H26N6.